The fourth-order valence-corrected chi connectivity index (χ4v) is 1.76. The lowest BCUT2D eigenvalue weighted by molar-refractivity contribution is 0.546. The number of hydrogen-bond donors (Lipinski definition) is 3. The van der Waals surface area contributed by atoms with Gasteiger partial charge in [-0.05, 0) is 12.3 Å². The largest absolute Gasteiger partial charge is 0.370 e. The van der Waals surface area contributed by atoms with Gasteiger partial charge in [0.1, 0.15) is 17.5 Å². The highest BCUT2D eigenvalue weighted by Gasteiger charge is 2.21. The number of aromatic nitrogens is 2. The van der Waals surface area contributed by atoms with Crippen molar-refractivity contribution in [2.75, 3.05) is 17.3 Å². The van der Waals surface area contributed by atoms with Crippen LogP contribution in [0.3, 0.4) is 0 Å². The standard InChI is InChI=1S/C13H23N5/c1-13(2,3)12-16-10(8-11(17-12)18-14)15-7-6-9-4-5-9/h8-9H,4-7,14H2,1-3H3,(H2,15,16,17,18). The summed E-state index contributed by atoms with van der Waals surface area (Å²) in [6.45, 7) is 7.25. The van der Waals surface area contributed by atoms with E-state index in [4.69, 9.17) is 5.84 Å². The molecule has 0 aromatic carbocycles. The Labute approximate surface area is 109 Å². The Balaban J connectivity index is 2.07. The van der Waals surface area contributed by atoms with Gasteiger partial charge in [-0.1, -0.05) is 33.6 Å². The SMILES string of the molecule is CC(C)(C)c1nc(NN)cc(NCCC2CC2)n1. The van der Waals surface area contributed by atoms with Crippen LogP contribution in [-0.4, -0.2) is 16.5 Å². The third-order valence-electron chi connectivity index (χ3n) is 3.10. The first kappa shape index (κ1) is 13.1. The Morgan fingerprint density at radius 3 is 2.50 bits per heavy atom. The summed E-state index contributed by atoms with van der Waals surface area (Å²) in [6.07, 6.45) is 3.99. The van der Waals surface area contributed by atoms with Crippen molar-refractivity contribution in [2.24, 2.45) is 11.8 Å². The first-order chi connectivity index (χ1) is 8.49. The predicted octanol–water partition coefficient (Wildman–Crippen LogP) is 2.27. The van der Waals surface area contributed by atoms with Gasteiger partial charge >= 0.3 is 0 Å². The summed E-state index contributed by atoms with van der Waals surface area (Å²) in [5.74, 6) is 8.68. The zero-order valence-corrected chi connectivity index (χ0v) is 11.5. The second-order valence-electron chi connectivity index (χ2n) is 6.02. The quantitative estimate of drug-likeness (QED) is 0.551. The third kappa shape index (κ3) is 3.57. The number of rotatable bonds is 5. The van der Waals surface area contributed by atoms with Gasteiger partial charge in [0.2, 0.25) is 0 Å². The van der Waals surface area contributed by atoms with Crippen LogP contribution in [0.15, 0.2) is 6.07 Å². The van der Waals surface area contributed by atoms with Gasteiger partial charge < -0.3 is 10.7 Å². The van der Waals surface area contributed by atoms with Crippen LogP contribution in [0.5, 0.6) is 0 Å². The molecule has 4 N–H and O–H groups in total. The van der Waals surface area contributed by atoms with Crippen molar-refractivity contribution in [3.8, 4) is 0 Å². The molecular formula is C13H23N5. The van der Waals surface area contributed by atoms with Gasteiger partial charge in [0.15, 0.2) is 0 Å². The van der Waals surface area contributed by atoms with Crippen LogP contribution in [0.1, 0.15) is 45.9 Å². The lowest BCUT2D eigenvalue weighted by atomic mass is 9.96. The normalized spacial score (nSPS) is 15.6. The number of hydrazine groups is 1. The molecular weight excluding hydrogens is 226 g/mol. The molecule has 1 saturated carbocycles. The minimum Gasteiger partial charge on any atom is -0.370 e. The van der Waals surface area contributed by atoms with Crippen molar-refractivity contribution in [3.63, 3.8) is 0 Å². The minimum absolute atomic E-state index is 0.0835. The molecule has 5 nitrogen and oxygen atoms in total. The van der Waals surface area contributed by atoms with E-state index in [9.17, 15) is 0 Å². The van der Waals surface area contributed by atoms with E-state index in [1.165, 1.54) is 19.3 Å². The summed E-state index contributed by atoms with van der Waals surface area (Å²) in [6, 6.07) is 1.85. The smallest absolute Gasteiger partial charge is 0.145 e. The molecule has 1 aromatic rings. The maximum atomic E-state index is 5.45. The molecule has 1 fully saturated rings. The second-order valence-corrected chi connectivity index (χ2v) is 6.02. The van der Waals surface area contributed by atoms with Crippen LogP contribution >= 0.6 is 0 Å². The first-order valence-corrected chi connectivity index (χ1v) is 6.59. The zero-order chi connectivity index (χ0) is 13.2. The van der Waals surface area contributed by atoms with Gasteiger partial charge in [0.05, 0.1) is 0 Å². The third-order valence-corrected chi connectivity index (χ3v) is 3.10. The number of nitrogen functional groups attached to an aromatic ring is 1. The number of hydrogen-bond acceptors (Lipinski definition) is 5. The molecule has 5 heteroatoms. The summed E-state index contributed by atoms with van der Waals surface area (Å²) < 4.78 is 0. The van der Waals surface area contributed by atoms with Crippen molar-refractivity contribution in [2.45, 2.75) is 45.4 Å². The van der Waals surface area contributed by atoms with Gasteiger partial charge in [-0.25, -0.2) is 15.8 Å². The van der Waals surface area contributed by atoms with Crippen LogP contribution in [0.2, 0.25) is 0 Å². The average Bonchev–Trinajstić information content (AvgIpc) is 3.11. The maximum absolute atomic E-state index is 5.45. The molecule has 0 bridgehead atoms. The van der Waals surface area contributed by atoms with E-state index in [1.54, 1.807) is 0 Å². The molecule has 0 unspecified atom stereocenters. The number of nitrogens with two attached hydrogens (primary N) is 1. The molecule has 0 aliphatic heterocycles. The van der Waals surface area contributed by atoms with Crippen LogP contribution in [0, 0.1) is 5.92 Å². The summed E-state index contributed by atoms with van der Waals surface area (Å²) in [7, 11) is 0. The van der Waals surface area contributed by atoms with Crippen molar-refractivity contribution < 1.29 is 0 Å². The number of anilines is 2. The summed E-state index contributed by atoms with van der Waals surface area (Å²) in [4.78, 5) is 8.94. The summed E-state index contributed by atoms with van der Waals surface area (Å²) >= 11 is 0. The Morgan fingerprint density at radius 1 is 1.28 bits per heavy atom. The highest BCUT2D eigenvalue weighted by Crippen LogP contribution is 2.32. The molecule has 1 aliphatic carbocycles. The van der Waals surface area contributed by atoms with Gasteiger partial charge in [0.25, 0.3) is 0 Å². The van der Waals surface area contributed by atoms with E-state index in [-0.39, 0.29) is 5.41 Å². The highest BCUT2D eigenvalue weighted by molar-refractivity contribution is 5.47. The topological polar surface area (TPSA) is 75.9 Å². The van der Waals surface area contributed by atoms with Crippen molar-refractivity contribution in [1.82, 2.24) is 9.97 Å². The Bertz CT molecular complexity index is 406. The lowest BCUT2D eigenvalue weighted by Crippen LogP contribution is -2.20. The molecule has 0 spiro atoms. The van der Waals surface area contributed by atoms with Crippen LogP contribution in [0.4, 0.5) is 11.6 Å². The Kier molecular flexibility index (Phi) is 3.71. The highest BCUT2D eigenvalue weighted by atomic mass is 15.3. The fourth-order valence-electron chi connectivity index (χ4n) is 1.76. The summed E-state index contributed by atoms with van der Waals surface area (Å²) in [5.41, 5.74) is 2.52. The predicted molar refractivity (Wildman–Crippen MR) is 74.4 cm³/mol. The van der Waals surface area contributed by atoms with Crippen molar-refractivity contribution in [1.29, 1.82) is 0 Å². The molecule has 18 heavy (non-hydrogen) atoms. The van der Waals surface area contributed by atoms with Gasteiger partial charge in [0, 0.05) is 18.0 Å². The molecule has 1 aliphatic rings. The van der Waals surface area contributed by atoms with E-state index < -0.39 is 0 Å². The number of nitrogens with one attached hydrogen (secondary N) is 2. The maximum Gasteiger partial charge on any atom is 0.145 e. The van der Waals surface area contributed by atoms with Crippen molar-refractivity contribution in [3.05, 3.63) is 11.9 Å². The van der Waals surface area contributed by atoms with Crippen molar-refractivity contribution >= 4 is 11.6 Å². The lowest BCUT2D eigenvalue weighted by Gasteiger charge is -2.18. The van der Waals surface area contributed by atoms with Gasteiger partial charge in [-0.3, -0.25) is 0 Å². The fraction of sp³-hybridized carbons (Fsp3) is 0.692. The van der Waals surface area contributed by atoms with Gasteiger partial charge in [-0.2, -0.15) is 0 Å². The zero-order valence-electron chi connectivity index (χ0n) is 11.5. The Morgan fingerprint density at radius 2 is 1.94 bits per heavy atom. The van der Waals surface area contributed by atoms with Crippen LogP contribution in [-0.2, 0) is 5.41 Å². The van der Waals surface area contributed by atoms with E-state index in [1.807, 2.05) is 6.07 Å². The molecule has 1 heterocycles. The molecule has 1 aromatic heterocycles. The molecule has 0 radical (unpaired) electrons. The van der Waals surface area contributed by atoms with E-state index in [2.05, 4.69) is 41.5 Å². The van der Waals surface area contributed by atoms with E-state index >= 15 is 0 Å². The molecule has 0 atom stereocenters. The molecule has 0 saturated heterocycles. The Hall–Kier alpha value is -1.36. The first-order valence-electron chi connectivity index (χ1n) is 6.59. The van der Waals surface area contributed by atoms with Crippen LogP contribution in [0.25, 0.3) is 0 Å². The summed E-state index contributed by atoms with van der Waals surface area (Å²) in [5, 5.41) is 3.36. The number of nitrogens with zero attached hydrogens (tertiary/aromatic N) is 2. The monoisotopic (exact) mass is 249 g/mol. The van der Waals surface area contributed by atoms with Crippen LogP contribution < -0.4 is 16.6 Å². The second kappa shape index (κ2) is 5.10. The van der Waals surface area contributed by atoms with Gasteiger partial charge in [-0.15, -0.1) is 0 Å². The molecule has 0 amide bonds. The molecule has 100 valence electrons. The minimum atomic E-state index is -0.0835. The van der Waals surface area contributed by atoms with E-state index in [0.29, 0.717) is 5.82 Å². The average molecular weight is 249 g/mol. The molecule has 2 rings (SSSR count). The van der Waals surface area contributed by atoms with E-state index in [0.717, 1.165) is 24.1 Å².